The first-order chi connectivity index (χ1) is 11.9. The molecule has 128 valence electrons. The lowest BCUT2D eigenvalue weighted by atomic mass is 10.2. The molecule has 0 saturated carbocycles. The molecule has 0 fully saturated rings. The molecule has 0 amide bonds. The summed E-state index contributed by atoms with van der Waals surface area (Å²) in [5.74, 6) is -0.326. The van der Waals surface area contributed by atoms with E-state index < -0.39 is 10.9 Å². The lowest BCUT2D eigenvalue weighted by molar-refractivity contribution is -0.384. The Morgan fingerprint density at radius 2 is 2.16 bits per heavy atom. The average Bonchev–Trinajstić information content (AvgIpc) is 2.94. The van der Waals surface area contributed by atoms with Gasteiger partial charge in [-0.3, -0.25) is 10.1 Å². The number of fused-ring (bicyclic) bond motifs is 1. The number of benzene rings is 1. The van der Waals surface area contributed by atoms with Gasteiger partial charge in [-0.25, -0.2) is 14.8 Å². The van der Waals surface area contributed by atoms with Gasteiger partial charge in [0.05, 0.1) is 23.1 Å². The summed E-state index contributed by atoms with van der Waals surface area (Å²) in [6.45, 7) is 1.73. The Hall–Kier alpha value is -3.27. The van der Waals surface area contributed by atoms with Gasteiger partial charge in [0.15, 0.2) is 0 Å². The number of carbonyl (C=O) groups excluding carboxylic acids is 1. The summed E-state index contributed by atoms with van der Waals surface area (Å²) in [7, 11) is 1.29. The van der Waals surface area contributed by atoms with E-state index in [1.54, 1.807) is 6.92 Å². The van der Waals surface area contributed by atoms with Crippen molar-refractivity contribution in [1.29, 1.82) is 0 Å². The molecule has 3 rings (SSSR count). The third-order valence-corrected chi connectivity index (χ3v) is 4.72. The number of methoxy groups -OCH3 is 1. The van der Waals surface area contributed by atoms with Crippen molar-refractivity contribution in [1.82, 2.24) is 9.97 Å². The van der Waals surface area contributed by atoms with Crippen molar-refractivity contribution >= 4 is 44.7 Å². The van der Waals surface area contributed by atoms with E-state index in [0.29, 0.717) is 26.5 Å². The zero-order valence-electron chi connectivity index (χ0n) is 13.1. The van der Waals surface area contributed by atoms with Gasteiger partial charge in [-0.1, -0.05) is 0 Å². The largest absolute Gasteiger partial charge is 0.506 e. The zero-order valence-corrected chi connectivity index (χ0v) is 14.0. The standard InChI is InChI=1S/C15H12N4O5S/c1-7-11-13(16-6-17-14(11)25-12(7)15(21)24-2)18-9-5-8(19(22)23)3-4-10(9)20/h3-6,20H,1-2H3,(H,16,17,18). The first kappa shape index (κ1) is 16.6. The molecule has 3 aromatic rings. The van der Waals surface area contributed by atoms with Crippen molar-refractivity contribution in [3.05, 3.63) is 45.1 Å². The van der Waals surface area contributed by atoms with Crippen molar-refractivity contribution in [2.24, 2.45) is 0 Å². The number of phenolic OH excluding ortho intramolecular Hbond substituents is 1. The molecular formula is C15H12N4O5S. The minimum absolute atomic E-state index is 0.124. The summed E-state index contributed by atoms with van der Waals surface area (Å²) in [6.07, 6.45) is 1.30. The fourth-order valence-corrected chi connectivity index (χ4v) is 3.39. The Bertz CT molecular complexity index is 1000. The van der Waals surface area contributed by atoms with Crippen LogP contribution in [0.5, 0.6) is 5.75 Å². The number of aromatic hydroxyl groups is 1. The highest BCUT2D eigenvalue weighted by Crippen LogP contribution is 2.37. The molecule has 0 radical (unpaired) electrons. The third-order valence-electron chi connectivity index (χ3n) is 3.54. The molecule has 9 nitrogen and oxygen atoms in total. The Kier molecular flexibility index (Phi) is 4.19. The number of nitro groups is 1. The zero-order chi connectivity index (χ0) is 18.1. The number of thiophene rings is 1. The highest BCUT2D eigenvalue weighted by atomic mass is 32.1. The minimum atomic E-state index is -0.564. The highest BCUT2D eigenvalue weighted by Gasteiger charge is 2.20. The number of ether oxygens (including phenoxy) is 1. The molecule has 0 aliphatic carbocycles. The molecule has 0 unspecified atom stereocenters. The number of rotatable bonds is 4. The number of aryl methyl sites for hydroxylation is 1. The van der Waals surface area contributed by atoms with Crippen molar-refractivity contribution in [3.8, 4) is 5.75 Å². The molecule has 10 heteroatoms. The van der Waals surface area contributed by atoms with Crippen molar-refractivity contribution in [2.75, 3.05) is 12.4 Å². The highest BCUT2D eigenvalue weighted by molar-refractivity contribution is 7.20. The molecule has 0 aliphatic rings. The summed E-state index contributed by atoms with van der Waals surface area (Å²) in [5.41, 5.74) is 0.571. The Labute approximate surface area is 145 Å². The van der Waals surface area contributed by atoms with Crippen molar-refractivity contribution < 1.29 is 19.6 Å². The van der Waals surface area contributed by atoms with Crippen LogP contribution < -0.4 is 5.32 Å². The summed E-state index contributed by atoms with van der Waals surface area (Å²) < 4.78 is 4.75. The predicted octanol–water partition coefficient (Wildman–Crippen LogP) is 3.14. The van der Waals surface area contributed by atoms with Crippen LogP contribution in [-0.4, -0.2) is 33.1 Å². The van der Waals surface area contributed by atoms with Crippen LogP contribution in [0.25, 0.3) is 10.2 Å². The number of non-ortho nitro benzene ring substituents is 1. The molecule has 0 spiro atoms. The van der Waals surface area contributed by atoms with Gasteiger partial charge in [0.1, 0.15) is 27.6 Å². The van der Waals surface area contributed by atoms with Gasteiger partial charge in [-0.15, -0.1) is 11.3 Å². The number of carbonyl (C=O) groups is 1. The second-order valence-corrected chi connectivity index (χ2v) is 6.03. The van der Waals surface area contributed by atoms with Gasteiger partial charge in [0, 0.05) is 12.1 Å². The van der Waals surface area contributed by atoms with Gasteiger partial charge in [-0.2, -0.15) is 0 Å². The molecule has 2 N–H and O–H groups in total. The predicted molar refractivity (Wildman–Crippen MR) is 91.5 cm³/mol. The monoisotopic (exact) mass is 360 g/mol. The topological polar surface area (TPSA) is 127 Å². The van der Waals surface area contributed by atoms with E-state index in [-0.39, 0.29) is 17.1 Å². The molecule has 2 heterocycles. The van der Waals surface area contributed by atoms with Gasteiger partial charge in [0.25, 0.3) is 5.69 Å². The molecule has 25 heavy (non-hydrogen) atoms. The number of phenols is 1. The van der Waals surface area contributed by atoms with E-state index in [1.165, 1.54) is 31.6 Å². The van der Waals surface area contributed by atoms with Crippen molar-refractivity contribution in [2.45, 2.75) is 6.92 Å². The molecule has 0 atom stereocenters. The number of aromatic nitrogens is 2. The Balaban J connectivity index is 2.11. The van der Waals surface area contributed by atoms with Gasteiger partial charge in [-0.05, 0) is 18.6 Å². The molecule has 0 bridgehead atoms. The number of hydrogen-bond acceptors (Lipinski definition) is 9. The fourth-order valence-electron chi connectivity index (χ4n) is 2.32. The minimum Gasteiger partial charge on any atom is -0.506 e. The second kappa shape index (κ2) is 6.32. The van der Waals surface area contributed by atoms with Crippen molar-refractivity contribution in [3.63, 3.8) is 0 Å². The van der Waals surface area contributed by atoms with E-state index in [1.807, 2.05) is 0 Å². The van der Waals surface area contributed by atoms with Crippen LogP contribution in [-0.2, 0) is 4.74 Å². The maximum atomic E-state index is 11.9. The number of nitrogens with one attached hydrogen (secondary N) is 1. The maximum absolute atomic E-state index is 11.9. The summed E-state index contributed by atoms with van der Waals surface area (Å²) in [5, 5.41) is 24.3. The number of nitrogens with zero attached hydrogens (tertiary/aromatic N) is 3. The number of nitro benzene ring substituents is 1. The van der Waals surface area contributed by atoms with Crippen LogP contribution in [0.4, 0.5) is 17.2 Å². The smallest absolute Gasteiger partial charge is 0.348 e. The Morgan fingerprint density at radius 3 is 2.84 bits per heavy atom. The van der Waals surface area contributed by atoms with Crippen LogP contribution in [0, 0.1) is 17.0 Å². The number of anilines is 2. The van der Waals surface area contributed by atoms with Crippen LogP contribution in [0.15, 0.2) is 24.5 Å². The van der Waals surface area contributed by atoms with E-state index >= 15 is 0 Å². The number of hydrogen-bond donors (Lipinski definition) is 2. The average molecular weight is 360 g/mol. The van der Waals surface area contributed by atoms with E-state index in [9.17, 15) is 20.0 Å². The SMILES string of the molecule is COC(=O)c1sc2ncnc(Nc3cc([N+](=O)[O-])ccc3O)c2c1C. The molecule has 2 aromatic heterocycles. The lowest BCUT2D eigenvalue weighted by Gasteiger charge is -2.09. The molecule has 0 saturated heterocycles. The van der Waals surface area contributed by atoms with Gasteiger partial charge < -0.3 is 15.2 Å². The maximum Gasteiger partial charge on any atom is 0.348 e. The first-order valence-corrected chi connectivity index (χ1v) is 7.81. The quantitative estimate of drug-likeness (QED) is 0.314. The number of esters is 1. The van der Waals surface area contributed by atoms with Gasteiger partial charge in [0.2, 0.25) is 0 Å². The first-order valence-electron chi connectivity index (χ1n) is 6.99. The van der Waals surface area contributed by atoms with Crippen LogP contribution in [0.3, 0.4) is 0 Å². The second-order valence-electron chi connectivity index (χ2n) is 5.03. The molecular weight excluding hydrogens is 348 g/mol. The summed E-state index contributed by atoms with van der Waals surface area (Å²) in [4.78, 5) is 31.4. The molecule has 1 aromatic carbocycles. The fraction of sp³-hybridized carbons (Fsp3) is 0.133. The van der Waals surface area contributed by atoms with E-state index in [0.717, 1.165) is 11.3 Å². The van der Waals surface area contributed by atoms with Crippen LogP contribution in [0.2, 0.25) is 0 Å². The summed E-state index contributed by atoms with van der Waals surface area (Å²) >= 11 is 1.16. The van der Waals surface area contributed by atoms with E-state index in [2.05, 4.69) is 15.3 Å². The molecule has 0 aliphatic heterocycles. The van der Waals surface area contributed by atoms with Crippen LogP contribution in [0.1, 0.15) is 15.2 Å². The van der Waals surface area contributed by atoms with Gasteiger partial charge >= 0.3 is 5.97 Å². The van der Waals surface area contributed by atoms with E-state index in [4.69, 9.17) is 4.74 Å². The van der Waals surface area contributed by atoms with Crippen LogP contribution >= 0.6 is 11.3 Å². The Morgan fingerprint density at radius 1 is 1.40 bits per heavy atom. The summed E-state index contributed by atoms with van der Waals surface area (Å²) in [6, 6.07) is 3.62. The third kappa shape index (κ3) is 2.94. The normalized spacial score (nSPS) is 10.6. The lowest BCUT2D eigenvalue weighted by Crippen LogP contribution is -2.00.